The van der Waals surface area contributed by atoms with Crippen LogP contribution in [0.1, 0.15) is 5.56 Å². The number of aromatic hydroxyl groups is 1. The average Bonchev–Trinajstić information content (AvgIpc) is 1.97. The summed E-state index contributed by atoms with van der Waals surface area (Å²) < 4.78 is 1.23. The monoisotopic (exact) mass is 150 g/mol. The molecule has 0 amide bonds. The molecule has 1 rings (SSSR count). The number of pyridine rings is 1. The molecule has 4 nitrogen and oxygen atoms in total. The maximum absolute atomic E-state index is 10.8. The Kier molecular flexibility index (Phi) is 1.65. The Morgan fingerprint density at radius 3 is 2.91 bits per heavy atom. The molecule has 56 valence electrons. The number of hydrogen-bond acceptors (Lipinski definition) is 3. The molecule has 0 saturated carbocycles. The number of nitriles is 1. The summed E-state index contributed by atoms with van der Waals surface area (Å²) in [7, 11) is 1.52. The van der Waals surface area contributed by atoms with Crippen molar-refractivity contribution in [2.75, 3.05) is 0 Å². The van der Waals surface area contributed by atoms with Crippen LogP contribution in [0.15, 0.2) is 17.1 Å². The molecule has 0 aliphatic heterocycles. The van der Waals surface area contributed by atoms with Crippen molar-refractivity contribution in [1.82, 2.24) is 4.57 Å². The molecule has 0 aromatic carbocycles. The van der Waals surface area contributed by atoms with Crippen LogP contribution in [0.5, 0.6) is 5.75 Å². The van der Waals surface area contributed by atoms with Gasteiger partial charge < -0.3 is 9.67 Å². The smallest absolute Gasteiger partial charge is 0.254 e. The predicted octanol–water partition coefficient (Wildman–Crippen LogP) is -0.0374. The molecule has 0 saturated heterocycles. The highest BCUT2D eigenvalue weighted by Crippen LogP contribution is 2.09. The van der Waals surface area contributed by atoms with E-state index in [1.54, 1.807) is 6.07 Å². The van der Waals surface area contributed by atoms with Crippen molar-refractivity contribution in [1.29, 1.82) is 5.26 Å². The van der Waals surface area contributed by atoms with E-state index in [0.29, 0.717) is 0 Å². The minimum atomic E-state index is -0.332. The third kappa shape index (κ3) is 1.22. The summed E-state index contributed by atoms with van der Waals surface area (Å²) >= 11 is 0. The number of aryl methyl sites for hydroxylation is 1. The van der Waals surface area contributed by atoms with Gasteiger partial charge in [0.05, 0.1) is 0 Å². The third-order valence-electron chi connectivity index (χ3n) is 1.33. The Morgan fingerprint density at radius 1 is 1.73 bits per heavy atom. The second-order valence-corrected chi connectivity index (χ2v) is 2.13. The van der Waals surface area contributed by atoms with Gasteiger partial charge in [0.25, 0.3) is 5.56 Å². The minimum absolute atomic E-state index is 0.104. The van der Waals surface area contributed by atoms with Gasteiger partial charge in [-0.05, 0) is 0 Å². The second kappa shape index (κ2) is 2.46. The topological polar surface area (TPSA) is 66.0 Å². The van der Waals surface area contributed by atoms with Gasteiger partial charge in [0.1, 0.15) is 17.4 Å². The van der Waals surface area contributed by atoms with Crippen molar-refractivity contribution < 1.29 is 5.11 Å². The van der Waals surface area contributed by atoms with Gasteiger partial charge in [-0.15, -0.1) is 0 Å². The summed E-state index contributed by atoms with van der Waals surface area (Å²) in [6.45, 7) is 0. The van der Waals surface area contributed by atoms with E-state index in [1.165, 1.54) is 17.8 Å². The van der Waals surface area contributed by atoms with Crippen LogP contribution in [0.2, 0.25) is 0 Å². The van der Waals surface area contributed by atoms with Crippen molar-refractivity contribution in [2.45, 2.75) is 0 Å². The first-order chi connectivity index (χ1) is 5.15. The van der Waals surface area contributed by atoms with Crippen LogP contribution in [0.25, 0.3) is 0 Å². The lowest BCUT2D eigenvalue weighted by atomic mass is 10.3. The van der Waals surface area contributed by atoms with Gasteiger partial charge in [-0.3, -0.25) is 4.79 Å². The molecular weight excluding hydrogens is 144 g/mol. The van der Waals surface area contributed by atoms with Gasteiger partial charge in [0.2, 0.25) is 0 Å². The van der Waals surface area contributed by atoms with Crippen molar-refractivity contribution in [3.63, 3.8) is 0 Å². The molecule has 0 bridgehead atoms. The standard InChI is InChI=1S/C7H6N2O2/c1-9-4-5(3-8)6(10)2-7(9)11/h2,4,10H,1H3. The number of aromatic nitrogens is 1. The molecule has 0 aliphatic carbocycles. The molecule has 0 unspecified atom stereocenters. The summed E-state index contributed by atoms with van der Waals surface area (Å²) in [6, 6.07) is 2.77. The van der Waals surface area contributed by atoms with Crippen LogP contribution in [0.4, 0.5) is 0 Å². The number of nitrogens with zero attached hydrogens (tertiary/aromatic N) is 2. The van der Waals surface area contributed by atoms with Crippen molar-refractivity contribution in [3.05, 3.63) is 28.2 Å². The highest BCUT2D eigenvalue weighted by atomic mass is 16.3. The van der Waals surface area contributed by atoms with Crippen molar-refractivity contribution in [3.8, 4) is 11.8 Å². The fraction of sp³-hybridized carbons (Fsp3) is 0.143. The zero-order valence-electron chi connectivity index (χ0n) is 5.90. The molecule has 1 N–H and O–H groups in total. The van der Waals surface area contributed by atoms with Gasteiger partial charge in [0.15, 0.2) is 0 Å². The van der Waals surface area contributed by atoms with Gasteiger partial charge in [-0.2, -0.15) is 5.26 Å². The van der Waals surface area contributed by atoms with Crippen LogP contribution < -0.4 is 5.56 Å². The molecule has 0 spiro atoms. The van der Waals surface area contributed by atoms with Gasteiger partial charge in [-0.1, -0.05) is 0 Å². The fourth-order valence-electron chi connectivity index (χ4n) is 0.706. The predicted molar refractivity (Wildman–Crippen MR) is 38.1 cm³/mol. The Morgan fingerprint density at radius 2 is 2.36 bits per heavy atom. The van der Waals surface area contributed by atoms with Gasteiger partial charge in [0, 0.05) is 19.3 Å². The first kappa shape index (κ1) is 7.35. The van der Waals surface area contributed by atoms with E-state index in [2.05, 4.69) is 0 Å². The van der Waals surface area contributed by atoms with Crippen LogP contribution in [-0.2, 0) is 7.05 Å². The zero-order chi connectivity index (χ0) is 8.43. The lowest BCUT2D eigenvalue weighted by Crippen LogP contribution is -2.14. The third-order valence-corrected chi connectivity index (χ3v) is 1.33. The van der Waals surface area contributed by atoms with Gasteiger partial charge >= 0.3 is 0 Å². The highest BCUT2D eigenvalue weighted by molar-refractivity contribution is 5.39. The quantitative estimate of drug-likeness (QED) is 0.564. The van der Waals surface area contributed by atoms with Crippen molar-refractivity contribution in [2.24, 2.45) is 7.05 Å². The van der Waals surface area contributed by atoms with E-state index < -0.39 is 0 Å². The lowest BCUT2D eigenvalue weighted by molar-refractivity contribution is 0.470. The highest BCUT2D eigenvalue weighted by Gasteiger charge is 2.01. The molecule has 0 radical (unpaired) electrons. The van der Waals surface area contributed by atoms with Crippen LogP contribution >= 0.6 is 0 Å². The van der Waals surface area contributed by atoms with E-state index in [9.17, 15) is 4.79 Å². The molecule has 0 aliphatic rings. The Hall–Kier alpha value is -1.76. The molecule has 11 heavy (non-hydrogen) atoms. The van der Waals surface area contributed by atoms with E-state index in [1.807, 2.05) is 0 Å². The number of rotatable bonds is 0. The molecule has 1 aromatic rings. The van der Waals surface area contributed by atoms with Gasteiger partial charge in [-0.25, -0.2) is 0 Å². The zero-order valence-corrected chi connectivity index (χ0v) is 5.90. The number of hydrogen-bond donors (Lipinski definition) is 1. The summed E-state index contributed by atoms with van der Waals surface area (Å²) in [6.07, 6.45) is 1.29. The summed E-state index contributed by atoms with van der Waals surface area (Å²) in [4.78, 5) is 10.8. The molecule has 0 atom stereocenters. The summed E-state index contributed by atoms with van der Waals surface area (Å²) in [5.41, 5.74) is -0.228. The van der Waals surface area contributed by atoms with E-state index >= 15 is 0 Å². The average molecular weight is 150 g/mol. The van der Waals surface area contributed by atoms with Crippen molar-refractivity contribution >= 4 is 0 Å². The van der Waals surface area contributed by atoms with E-state index in [0.717, 1.165) is 6.07 Å². The first-order valence-corrected chi connectivity index (χ1v) is 2.95. The molecule has 1 heterocycles. The summed E-state index contributed by atoms with van der Waals surface area (Å²) in [5.74, 6) is -0.268. The maximum Gasteiger partial charge on any atom is 0.254 e. The molecule has 4 heteroatoms. The van der Waals surface area contributed by atoms with E-state index in [-0.39, 0.29) is 16.9 Å². The fourth-order valence-corrected chi connectivity index (χ4v) is 0.706. The van der Waals surface area contributed by atoms with E-state index in [4.69, 9.17) is 10.4 Å². The Bertz CT molecular complexity index is 373. The molecule has 1 aromatic heterocycles. The van der Waals surface area contributed by atoms with Crippen LogP contribution in [-0.4, -0.2) is 9.67 Å². The Labute approximate surface area is 62.9 Å². The molecular formula is C7H6N2O2. The largest absolute Gasteiger partial charge is 0.506 e. The normalized spacial score (nSPS) is 9.09. The second-order valence-electron chi connectivity index (χ2n) is 2.13. The summed E-state index contributed by atoms with van der Waals surface area (Å²) in [5, 5.41) is 17.4. The minimum Gasteiger partial charge on any atom is -0.506 e. The first-order valence-electron chi connectivity index (χ1n) is 2.95. The van der Waals surface area contributed by atoms with Crippen LogP contribution in [0, 0.1) is 11.3 Å². The molecule has 0 fully saturated rings. The lowest BCUT2D eigenvalue weighted by Gasteiger charge is -1.97. The van der Waals surface area contributed by atoms with Crippen LogP contribution in [0.3, 0.4) is 0 Å². The Balaban J connectivity index is 3.47. The maximum atomic E-state index is 10.8. The SMILES string of the molecule is Cn1cc(C#N)c(O)cc1=O.